The van der Waals surface area contributed by atoms with E-state index in [1.54, 1.807) is 7.11 Å². The van der Waals surface area contributed by atoms with E-state index in [4.69, 9.17) is 15.0 Å². The van der Waals surface area contributed by atoms with Crippen LogP contribution in [0.15, 0.2) is 4.52 Å². The quantitative estimate of drug-likeness (QED) is 0.841. The first-order valence-corrected chi connectivity index (χ1v) is 6.26. The highest BCUT2D eigenvalue weighted by Crippen LogP contribution is 2.39. The highest BCUT2D eigenvalue weighted by atomic mass is 16.5. The van der Waals surface area contributed by atoms with Crippen LogP contribution in [0.25, 0.3) is 0 Å². The number of ether oxygens (including phenoxy) is 1. The predicted octanol–water partition coefficient (Wildman–Crippen LogP) is 1.42. The second-order valence-corrected chi connectivity index (χ2v) is 4.96. The average Bonchev–Trinajstić information content (AvgIpc) is 2.97. The first-order chi connectivity index (χ1) is 8.20. The van der Waals surface area contributed by atoms with E-state index in [0.717, 1.165) is 18.7 Å². The van der Waals surface area contributed by atoms with Crippen molar-refractivity contribution in [2.75, 3.05) is 13.7 Å². The molecule has 0 bridgehead atoms. The van der Waals surface area contributed by atoms with Gasteiger partial charge in [-0.2, -0.15) is 4.98 Å². The van der Waals surface area contributed by atoms with Gasteiger partial charge in [0.05, 0.1) is 11.5 Å². The van der Waals surface area contributed by atoms with Crippen molar-refractivity contribution in [1.29, 1.82) is 0 Å². The Kier molecular flexibility index (Phi) is 3.79. The molecule has 1 unspecified atom stereocenters. The second kappa shape index (κ2) is 5.14. The second-order valence-electron chi connectivity index (χ2n) is 4.96. The molecule has 1 aromatic rings. The Morgan fingerprint density at radius 2 is 2.18 bits per heavy atom. The van der Waals surface area contributed by atoms with Crippen molar-refractivity contribution in [1.82, 2.24) is 10.1 Å². The molecule has 0 aromatic carbocycles. The molecule has 2 rings (SSSR count). The predicted molar refractivity (Wildman–Crippen MR) is 63.7 cm³/mol. The molecule has 0 aliphatic heterocycles. The zero-order chi connectivity index (χ0) is 12.3. The maximum Gasteiger partial charge on any atom is 0.234 e. The summed E-state index contributed by atoms with van der Waals surface area (Å²) in [6.07, 6.45) is 5.31. The van der Waals surface area contributed by atoms with Gasteiger partial charge in [-0.15, -0.1) is 0 Å². The fourth-order valence-corrected chi connectivity index (χ4v) is 2.45. The summed E-state index contributed by atoms with van der Waals surface area (Å²) < 4.78 is 10.6. The maximum absolute atomic E-state index is 5.89. The van der Waals surface area contributed by atoms with Crippen LogP contribution < -0.4 is 5.73 Å². The van der Waals surface area contributed by atoms with E-state index in [9.17, 15) is 0 Å². The highest BCUT2D eigenvalue weighted by Gasteiger charge is 2.39. The molecular weight excluding hydrogens is 218 g/mol. The van der Waals surface area contributed by atoms with E-state index < -0.39 is 0 Å². The van der Waals surface area contributed by atoms with Crippen molar-refractivity contribution in [3.63, 3.8) is 0 Å². The standard InChI is InChI=1S/C12H21N3O2/c1-9(16-2)7-10-14-11(17-15-10)12(8-13)5-3-4-6-12/h9H,3-8,13H2,1-2H3. The molecule has 1 heterocycles. The van der Waals surface area contributed by atoms with Gasteiger partial charge in [0.1, 0.15) is 0 Å². The summed E-state index contributed by atoms with van der Waals surface area (Å²) in [6.45, 7) is 2.58. The fraction of sp³-hybridized carbons (Fsp3) is 0.833. The van der Waals surface area contributed by atoms with E-state index in [2.05, 4.69) is 10.1 Å². The molecule has 1 aliphatic carbocycles. The Hall–Kier alpha value is -0.940. The highest BCUT2D eigenvalue weighted by molar-refractivity contribution is 5.09. The summed E-state index contributed by atoms with van der Waals surface area (Å²) in [6, 6.07) is 0. The molecule has 2 N–H and O–H groups in total. The zero-order valence-corrected chi connectivity index (χ0v) is 10.6. The Labute approximate surface area is 102 Å². The minimum absolute atomic E-state index is 0.0679. The van der Waals surface area contributed by atoms with Crippen LogP contribution >= 0.6 is 0 Å². The van der Waals surface area contributed by atoms with Gasteiger partial charge in [0, 0.05) is 20.1 Å². The van der Waals surface area contributed by atoms with Crippen LogP contribution in [-0.2, 0) is 16.6 Å². The summed E-state index contributed by atoms with van der Waals surface area (Å²) in [5, 5.41) is 4.02. The third-order valence-corrected chi connectivity index (χ3v) is 3.75. The zero-order valence-electron chi connectivity index (χ0n) is 10.6. The number of methoxy groups -OCH3 is 1. The molecule has 5 nitrogen and oxygen atoms in total. The van der Waals surface area contributed by atoms with Crippen molar-refractivity contribution in [3.05, 3.63) is 11.7 Å². The number of rotatable bonds is 5. The van der Waals surface area contributed by atoms with Gasteiger partial charge in [0.2, 0.25) is 5.89 Å². The molecule has 1 atom stereocenters. The molecule has 1 aromatic heterocycles. The third kappa shape index (κ3) is 2.50. The van der Waals surface area contributed by atoms with Crippen molar-refractivity contribution >= 4 is 0 Å². The lowest BCUT2D eigenvalue weighted by molar-refractivity contribution is 0.116. The molecule has 5 heteroatoms. The van der Waals surface area contributed by atoms with Gasteiger partial charge in [-0.3, -0.25) is 0 Å². The fourth-order valence-electron chi connectivity index (χ4n) is 2.45. The Bertz CT molecular complexity index is 358. The first kappa shape index (κ1) is 12.5. The summed E-state index contributed by atoms with van der Waals surface area (Å²) in [4.78, 5) is 4.49. The molecule has 0 radical (unpaired) electrons. The third-order valence-electron chi connectivity index (χ3n) is 3.75. The molecule has 0 amide bonds. The van der Waals surface area contributed by atoms with Gasteiger partial charge in [0.15, 0.2) is 5.82 Å². The smallest absolute Gasteiger partial charge is 0.234 e. The number of nitrogens with two attached hydrogens (primary N) is 1. The monoisotopic (exact) mass is 239 g/mol. The molecule has 96 valence electrons. The Morgan fingerprint density at radius 3 is 2.76 bits per heavy atom. The Balaban J connectivity index is 2.11. The van der Waals surface area contributed by atoms with Crippen molar-refractivity contribution in [2.45, 2.75) is 50.5 Å². The number of hydrogen-bond acceptors (Lipinski definition) is 5. The summed E-state index contributed by atoms with van der Waals surface area (Å²) >= 11 is 0. The first-order valence-electron chi connectivity index (χ1n) is 6.26. The van der Waals surface area contributed by atoms with Crippen LogP contribution in [0.5, 0.6) is 0 Å². The van der Waals surface area contributed by atoms with E-state index in [1.165, 1.54) is 12.8 Å². The molecule has 1 aliphatic rings. The molecule has 0 saturated heterocycles. The van der Waals surface area contributed by atoms with E-state index in [1.807, 2.05) is 6.92 Å². The van der Waals surface area contributed by atoms with Crippen LogP contribution in [0.3, 0.4) is 0 Å². The number of aromatic nitrogens is 2. The van der Waals surface area contributed by atoms with E-state index in [0.29, 0.717) is 18.8 Å². The van der Waals surface area contributed by atoms with Crippen LogP contribution in [0, 0.1) is 0 Å². The molecule has 0 spiro atoms. The van der Waals surface area contributed by atoms with Gasteiger partial charge in [-0.1, -0.05) is 18.0 Å². The summed E-state index contributed by atoms with van der Waals surface area (Å²) in [5.74, 6) is 1.44. The lowest BCUT2D eigenvalue weighted by Crippen LogP contribution is -2.32. The summed E-state index contributed by atoms with van der Waals surface area (Å²) in [7, 11) is 1.68. The molecular formula is C12H21N3O2. The maximum atomic E-state index is 5.89. The van der Waals surface area contributed by atoms with Crippen LogP contribution in [-0.4, -0.2) is 29.9 Å². The Morgan fingerprint density at radius 1 is 1.47 bits per heavy atom. The van der Waals surface area contributed by atoms with E-state index in [-0.39, 0.29) is 11.5 Å². The van der Waals surface area contributed by atoms with Gasteiger partial charge in [-0.05, 0) is 19.8 Å². The number of nitrogens with zero attached hydrogens (tertiary/aromatic N) is 2. The van der Waals surface area contributed by atoms with Gasteiger partial charge in [-0.25, -0.2) is 0 Å². The van der Waals surface area contributed by atoms with E-state index >= 15 is 0 Å². The van der Waals surface area contributed by atoms with Crippen LogP contribution in [0.2, 0.25) is 0 Å². The largest absolute Gasteiger partial charge is 0.381 e. The van der Waals surface area contributed by atoms with Crippen LogP contribution in [0.1, 0.15) is 44.3 Å². The van der Waals surface area contributed by atoms with Crippen molar-refractivity contribution in [2.24, 2.45) is 5.73 Å². The lowest BCUT2D eigenvalue weighted by atomic mass is 9.86. The topological polar surface area (TPSA) is 74.2 Å². The average molecular weight is 239 g/mol. The normalized spacial score (nSPS) is 20.6. The minimum Gasteiger partial charge on any atom is -0.381 e. The van der Waals surface area contributed by atoms with Gasteiger partial charge in [0.25, 0.3) is 0 Å². The van der Waals surface area contributed by atoms with Crippen molar-refractivity contribution in [3.8, 4) is 0 Å². The van der Waals surface area contributed by atoms with Gasteiger partial charge < -0.3 is 15.0 Å². The molecule has 1 fully saturated rings. The number of hydrogen-bond donors (Lipinski definition) is 1. The molecule has 17 heavy (non-hydrogen) atoms. The van der Waals surface area contributed by atoms with Gasteiger partial charge >= 0.3 is 0 Å². The SMILES string of the molecule is COC(C)Cc1noc(C2(CN)CCCC2)n1. The molecule has 1 saturated carbocycles. The lowest BCUT2D eigenvalue weighted by Gasteiger charge is -2.21. The summed E-state index contributed by atoms with van der Waals surface area (Å²) in [5.41, 5.74) is 5.82. The minimum atomic E-state index is -0.0679. The van der Waals surface area contributed by atoms with Crippen molar-refractivity contribution < 1.29 is 9.26 Å². The van der Waals surface area contributed by atoms with Crippen LogP contribution in [0.4, 0.5) is 0 Å².